The van der Waals surface area contributed by atoms with Crippen LogP contribution in [0.25, 0.3) is 0 Å². The number of hydrogen-bond acceptors (Lipinski definition) is 3. The van der Waals surface area contributed by atoms with Crippen molar-refractivity contribution in [1.29, 1.82) is 0 Å². The molecule has 0 aliphatic carbocycles. The SMILES string of the molecule is CCC1(C)CCN(CC2COCCC2N)CC1. The third-order valence-corrected chi connectivity index (χ3v) is 4.94. The van der Waals surface area contributed by atoms with E-state index < -0.39 is 0 Å². The Kier molecular flexibility index (Phi) is 4.45. The molecule has 0 amide bonds. The molecule has 2 saturated heterocycles. The van der Waals surface area contributed by atoms with E-state index in [0.29, 0.717) is 17.4 Å². The van der Waals surface area contributed by atoms with E-state index in [-0.39, 0.29) is 0 Å². The maximum Gasteiger partial charge on any atom is 0.0521 e. The van der Waals surface area contributed by atoms with Crippen LogP contribution in [0.1, 0.15) is 39.5 Å². The smallest absolute Gasteiger partial charge is 0.0521 e. The first-order valence-electron chi connectivity index (χ1n) is 7.19. The van der Waals surface area contributed by atoms with E-state index in [4.69, 9.17) is 10.5 Å². The normalized spacial score (nSPS) is 34.8. The Morgan fingerprint density at radius 1 is 1.35 bits per heavy atom. The van der Waals surface area contributed by atoms with E-state index in [9.17, 15) is 0 Å². The van der Waals surface area contributed by atoms with Gasteiger partial charge in [0, 0.05) is 25.1 Å². The van der Waals surface area contributed by atoms with Crippen LogP contribution >= 0.6 is 0 Å². The molecule has 0 spiro atoms. The predicted molar refractivity (Wildman–Crippen MR) is 71.0 cm³/mol. The second-order valence-corrected chi connectivity index (χ2v) is 6.25. The number of piperidine rings is 1. The van der Waals surface area contributed by atoms with Crippen LogP contribution in [0, 0.1) is 11.3 Å². The summed E-state index contributed by atoms with van der Waals surface area (Å²) >= 11 is 0. The fraction of sp³-hybridized carbons (Fsp3) is 1.00. The van der Waals surface area contributed by atoms with Gasteiger partial charge in [0.05, 0.1) is 6.61 Å². The Labute approximate surface area is 106 Å². The molecule has 2 aliphatic heterocycles. The van der Waals surface area contributed by atoms with E-state index in [1.807, 2.05) is 0 Å². The molecule has 0 aromatic carbocycles. The minimum Gasteiger partial charge on any atom is -0.381 e. The molecule has 0 aromatic heterocycles. The monoisotopic (exact) mass is 240 g/mol. The zero-order valence-electron chi connectivity index (χ0n) is 11.5. The molecule has 17 heavy (non-hydrogen) atoms. The Hall–Kier alpha value is -0.120. The zero-order valence-corrected chi connectivity index (χ0v) is 11.5. The van der Waals surface area contributed by atoms with Gasteiger partial charge >= 0.3 is 0 Å². The highest BCUT2D eigenvalue weighted by Crippen LogP contribution is 2.34. The van der Waals surface area contributed by atoms with Gasteiger partial charge in [-0.2, -0.15) is 0 Å². The lowest BCUT2D eigenvalue weighted by Gasteiger charge is -2.41. The third kappa shape index (κ3) is 3.43. The second kappa shape index (κ2) is 5.68. The summed E-state index contributed by atoms with van der Waals surface area (Å²) in [6, 6.07) is 0.350. The molecular formula is C14H28N2O. The zero-order chi connectivity index (χ0) is 12.3. The highest BCUT2D eigenvalue weighted by Gasteiger charge is 2.31. The third-order valence-electron chi connectivity index (χ3n) is 4.94. The van der Waals surface area contributed by atoms with Crippen molar-refractivity contribution in [3.63, 3.8) is 0 Å². The summed E-state index contributed by atoms with van der Waals surface area (Å²) in [6.45, 7) is 10.1. The Balaban J connectivity index is 1.77. The van der Waals surface area contributed by atoms with Gasteiger partial charge in [0.1, 0.15) is 0 Å². The van der Waals surface area contributed by atoms with E-state index in [2.05, 4.69) is 18.7 Å². The number of likely N-dealkylation sites (tertiary alicyclic amines) is 1. The average Bonchev–Trinajstić information content (AvgIpc) is 2.35. The fourth-order valence-electron chi connectivity index (χ4n) is 2.96. The van der Waals surface area contributed by atoms with Crippen LogP contribution in [0.2, 0.25) is 0 Å². The summed E-state index contributed by atoms with van der Waals surface area (Å²) in [7, 11) is 0. The minimum absolute atomic E-state index is 0.350. The number of ether oxygens (including phenoxy) is 1. The highest BCUT2D eigenvalue weighted by atomic mass is 16.5. The Bertz CT molecular complexity index is 236. The van der Waals surface area contributed by atoms with Gasteiger partial charge in [0.25, 0.3) is 0 Å². The van der Waals surface area contributed by atoms with Gasteiger partial charge in [0.2, 0.25) is 0 Å². The number of nitrogens with two attached hydrogens (primary N) is 1. The van der Waals surface area contributed by atoms with Crippen LogP contribution < -0.4 is 5.73 Å². The molecule has 0 bridgehead atoms. The molecule has 100 valence electrons. The maximum atomic E-state index is 6.17. The van der Waals surface area contributed by atoms with Crippen molar-refractivity contribution in [3.05, 3.63) is 0 Å². The molecule has 2 heterocycles. The molecule has 0 aromatic rings. The summed E-state index contributed by atoms with van der Waals surface area (Å²) in [5.41, 5.74) is 6.75. The van der Waals surface area contributed by atoms with Crippen molar-refractivity contribution in [2.24, 2.45) is 17.1 Å². The lowest BCUT2D eigenvalue weighted by Crippen LogP contribution is -2.48. The van der Waals surface area contributed by atoms with Gasteiger partial charge in [-0.15, -0.1) is 0 Å². The van der Waals surface area contributed by atoms with Crippen LogP contribution in [0.4, 0.5) is 0 Å². The van der Waals surface area contributed by atoms with Gasteiger partial charge < -0.3 is 15.4 Å². The molecule has 3 nitrogen and oxygen atoms in total. The molecule has 2 N–H and O–H groups in total. The molecular weight excluding hydrogens is 212 g/mol. The van der Waals surface area contributed by atoms with Crippen LogP contribution in [0.3, 0.4) is 0 Å². The molecule has 2 fully saturated rings. The molecule has 2 aliphatic rings. The first-order chi connectivity index (χ1) is 8.13. The average molecular weight is 240 g/mol. The lowest BCUT2D eigenvalue weighted by atomic mass is 9.78. The topological polar surface area (TPSA) is 38.5 Å². The van der Waals surface area contributed by atoms with Crippen LogP contribution in [-0.2, 0) is 4.74 Å². The Morgan fingerprint density at radius 3 is 2.65 bits per heavy atom. The van der Waals surface area contributed by atoms with Crippen LogP contribution in [0.15, 0.2) is 0 Å². The molecule has 3 heteroatoms. The Morgan fingerprint density at radius 2 is 2.06 bits per heavy atom. The molecule has 0 radical (unpaired) electrons. The molecule has 2 atom stereocenters. The molecule has 0 saturated carbocycles. The fourth-order valence-corrected chi connectivity index (χ4v) is 2.96. The summed E-state index contributed by atoms with van der Waals surface area (Å²) in [6.07, 6.45) is 5.02. The maximum absolute atomic E-state index is 6.17. The van der Waals surface area contributed by atoms with Gasteiger partial charge in [-0.25, -0.2) is 0 Å². The quantitative estimate of drug-likeness (QED) is 0.818. The number of hydrogen-bond donors (Lipinski definition) is 1. The minimum atomic E-state index is 0.350. The van der Waals surface area contributed by atoms with Crippen molar-refractivity contribution < 1.29 is 4.74 Å². The number of rotatable bonds is 3. The summed E-state index contributed by atoms with van der Waals surface area (Å²) in [5.74, 6) is 0.551. The van der Waals surface area contributed by atoms with Crippen molar-refractivity contribution in [1.82, 2.24) is 4.90 Å². The van der Waals surface area contributed by atoms with Crippen molar-refractivity contribution in [3.8, 4) is 0 Å². The van der Waals surface area contributed by atoms with Gasteiger partial charge in [-0.1, -0.05) is 20.3 Å². The van der Waals surface area contributed by atoms with E-state index >= 15 is 0 Å². The van der Waals surface area contributed by atoms with Crippen LogP contribution in [0.5, 0.6) is 0 Å². The van der Waals surface area contributed by atoms with E-state index in [1.165, 1.54) is 32.4 Å². The van der Waals surface area contributed by atoms with Gasteiger partial charge in [0.15, 0.2) is 0 Å². The van der Waals surface area contributed by atoms with Gasteiger partial charge in [-0.3, -0.25) is 0 Å². The van der Waals surface area contributed by atoms with Crippen molar-refractivity contribution >= 4 is 0 Å². The van der Waals surface area contributed by atoms with E-state index in [0.717, 1.165) is 26.2 Å². The van der Waals surface area contributed by atoms with E-state index in [1.54, 1.807) is 0 Å². The van der Waals surface area contributed by atoms with Gasteiger partial charge in [-0.05, 0) is 37.8 Å². The first kappa shape index (κ1) is 13.3. The highest BCUT2D eigenvalue weighted by molar-refractivity contribution is 4.85. The van der Waals surface area contributed by atoms with Crippen molar-refractivity contribution in [2.45, 2.75) is 45.6 Å². The van der Waals surface area contributed by atoms with Crippen molar-refractivity contribution in [2.75, 3.05) is 32.8 Å². The number of nitrogens with zero attached hydrogens (tertiary/aromatic N) is 1. The summed E-state index contributed by atoms with van der Waals surface area (Å²) in [4.78, 5) is 2.59. The first-order valence-corrected chi connectivity index (χ1v) is 7.19. The largest absolute Gasteiger partial charge is 0.381 e. The molecule has 2 rings (SSSR count). The summed E-state index contributed by atoms with van der Waals surface area (Å²) in [5, 5.41) is 0. The summed E-state index contributed by atoms with van der Waals surface area (Å²) < 4.78 is 5.55. The predicted octanol–water partition coefficient (Wildman–Crippen LogP) is 1.86. The standard InChI is InChI=1S/C14H28N2O/c1-3-14(2)5-7-16(8-6-14)10-12-11-17-9-4-13(12)15/h12-13H,3-11,15H2,1-2H3. The van der Waals surface area contributed by atoms with Crippen LogP contribution in [-0.4, -0.2) is 43.8 Å². The second-order valence-electron chi connectivity index (χ2n) is 6.25. The lowest BCUT2D eigenvalue weighted by molar-refractivity contribution is 0.0146. The molecule has 2 unspecified atom stereocenters.